The van der Waals surface area contributed by atoms with Crippen LogP contribution in [0.15, 0.2) is 40.6 Å². The molecule has 0 saturated heterocycles. The van der Waals surface area contributed by atoms with E-state index in [4.69, 9.17) is 17.3 Å². The molecule has 0 spiro atoms. The lowest BCUT2D eigenvalue weighted by Crippen LogP contribution is -2.28. The van der Waals surface area contributed by atoms with Crippen molar-refractivity contribution in [3.8, 4) is 0 Å². The minimum Gasteiger partial charge on any atom is -0.398 e. The van der Waals surface area contributed by atoms with E-state index in [0.717, 1.165) is 4.88 Å². The highest BCUT2D eigenvalue weighted by molar-refractivity contribution is 7.89. The molecule has 0 radical (unpaired) electrons. The lowest BCUT2D eigenvalue weighted by Gasteiger charge is -2.16. The average molecular weight is 331 g/mol. The van der Waals surface area contributed by atoms with Crippen LogP contribution in [0, 0.1) is 0 Å². The first kappa shape index (κ1) is 15.3. The SMILES string of the molecule is CCC(NS(=O)(=O)c1cc(Cl)ccc1N)c1cccs1. The second kappa shape index (κ2) is 6.13. The monoisotopic (exact) mass is 330 g/mol. The molecule has 0 amide bonds. The van der Waals surface area contributed by atoms with Crippen molar-refractivity contribution in [1.29, 1.82) is 0 Å². The van der Waals surface area contributed by atoms with E-state index in [9.17, 15) is 8.42 Å². The molecule has 0 aliphatic heterocycles. The van der Waals surface area contributed by atoms with Gasteiger partial charge in [-0.3, -0.25) is 0 Å². The number of rotatable bonds is 5. The van der Waals surface area contributed by atoms with Crippen LogP contribution < -0.4 is 10.5 Å². The van der Waals surface area contributed by atoms with Gasteiger partial charge in [0.2, 0.25) is 10.0 Å². The molecule has 0 fully saturated rings. The van der Waals surface area contributed by atoms with E-state index in [1.807, 2.05) is 24.4 Å². The van der Waals surface area contributed by atoms with Crippen molar-refractivity contribution < 1.29 is 8.42 Å². The lowest BCUT2D eigenvalue weighted by molar-refractivity contribution is 0.553. The van der Waals surface area contributed by atoms with Gasteiger partial charge in [0.15, 0.2) is 0 Å². The number of anilines is 1. The van der Waals surface area contributed by atoms with Crippen LogP contribution in [-0.4, -0.2) is 8.42 Å². The van der Waals surface area contributed by atoms with Crippen molar-refractivity contribution in [2.24, 2.45) is 0 Å². The quantitative estimate of drug-likeness (QED) is 0.825. The molecule has 2 aromatic rings. The molecule has 0 aliphatic carbocycles. The Bertz CT molecular complexity index is 684. The van der Waals surface area contributed by atoms with E-state index in [2.05, 4.69) is 4.72 Å². The Morgan fingerprint density at radius 1 is 1.40 bits per heavy atom. The van der Waals surface area contributed by atoms with Crippen molar-refractivity contribution in [3.63, 3.8) is 0 Å². The Kier molecular flexibility index (Phi) is 4.70. The smallest absolute Gasteiger partial charge is 0.243 e. The highest BCUT2D eigenvalue weighted by atomic mass is 35.5. The predicted octanol–water partition coefficient (Wildman–Crippen LogP) is 3.41. The molecule has 1 aromatic heterocycles. The van der Waals surface area contributed by atoms with Crippen molar-refractivity contribution in [2.45, 2.75) is 24.3 Å². The molecule has 0 saturated carbocycles. The first-order valence-corrected chi connectivity index (χ1v) is 8.79. The Hall–Kier alpha value is -1.08. The van der Waals surface area contributed by atoms with Crippen LogP contribution in [-0.2, 0) is 10.0 Å². The molecule has 108 valence electrons. The summed E-state index contributed by atoms with van der Waals surface area (Å²) in [5.74, 6) is 0. The van der Waals surface area contributed by atoms with Gasteiger partial charge in [-0.15, -0.1) is 11.3 Å². The maximum Gasteiger partial charge on any atom is 0.243 e. The van der Waals surface area contributed by atoms with Gasteiger partial charge in [0.25, 0.3) is 0 Å². The van der Waals surface area contributed by atoms with Crippen LogP contribution in [0.2, 0.25) is 5.02 Å². The number of halogens is 1. The molecule has 0 bridgehead atoms. The first-order chi connectivity index (χ1) is 9.44. The van der Waals surface area contributed by atoms with E-state index in [1.54, 1.807) is 6.07 Å². The fourth-order valence-electron chi connectivity index (χ4n) is 1.82. The molecule has 1 unspecified atom stereocenters. The number of nitrogen functional groups attached to an aromatic ring is 1. The van der Waals surface area contributed by atoms with Crippen molar-refractivity contribution in [1.82, 2.24) is 4.72 Å². The number of hydrogen-bond donors (Lipinski definition) is 2. The Morgan fingerprint density at radius 3 is 2.75 bits per heavy atom. The van der Waals surface area contributed by atoms with E-state index >= 15 is 0 Å². The summed E-state index contributed by atoms with van der Waals surface area (Å²) in [5.41, 5.74) is 5.92. The van der Waals surface area contributed by atoms with Gasteiger partial charge >= 0.3 is 0 Å². The molecule has 0 aliphatic rings. The third kappa shape index (κ3) is 3.32. The summed E-state index contributed by atoms with van der Waals surface area (Å²) in [6, 6.07) is 7.95. The fraction of sp³-hybridized carbons (Fsp3) is 0.231. The summed E-state index contributed by atoms with van der Waals surface area (Å²) < 4.78 is 27.5. The summed E-state index contributed by atoms with van der Waals surface area (Å²) >= 11 is 7.36. The van der Waals surface area contributed by atoms with Crippen LogP contribution >= 0.6 is 22.9 Å². The molecule has 3 N–H and O–H groups in total. The molecule has 7 heteroatoms. The van der Waals surface area contributed by atoms with Crippen LogP contribution in [0.4, 0.5) is 5.69 Å². The maximum absolute atomic E-state index is 12.4. The maximum atomic E-state index is 12.4. The van der Waals surface area contributed by atoms with Crippen LogP contribution in [0.25, 0.3) is 0 Å². The van der Waals surface area contributed by atoms with Gasteiger partial charge in [0, 0.05) is 9.90 Å². The minimum absolute atomic E-state index is 0.0139. The fourth-order valence-corrected chi connectivity index (χ4v) is 4.45. The third-order valence-electron chi connectivity index (χ3n) is 2.86. The van der Waals surface area contributed by atoms with Crippen LogP contribution in [0.1, 0.15) is 24.3 Å². The zero-order valence-electron chi connectivity index (χ0n) is 10.8. The number of sulfonamides is 1. The highest BCUT2D eigenvalue weighted by Gasteiger charge is 2.23. The number of nitrogens with two attached hydrogens (primary N) is 1. The van der Waals surface area contributed by atoms with Crippen LogP contribution in [0.3, 0.4) is 0 Å². The summed E-state index contributed by atoms with van der Waals surface area (Å²) in [5, 5.41) is 2.25. The van der Waals surface area contributed by atoms with Crippen molar-refractivity contribution >= 4 is 38.6 Å². The minimum atomic E-state index is -3.70. The van der Waals surface area contributed by atoms with Gasteiger partial charge in [-0.2, -0.15) is 0 Å². The standard InChI is InChI=1S/C13H15ClN2O2S2/c1-2-11(12-4-3-7-19-12)16-20(17,18)13-8-9(14)5-6-10(13)15/h3-8,11,16H,2,15H2,1H3. The first-order valence-electron chi connectivity index (χ1n) is 6.05. The number of thiophene rings is 1. The second-order valence-corrected chi connectivity index (χ2v) is 7.38. The molecular formula is C13H15ClN2O2S2. The number of nitrogens with one attached hydrogen (secondary N) is 1. The Balaban J connectivity index is 2.33. The molecule has 1 heterocycles. The van der Waals surface area contributed by atoms with Gasteiger partial charge in [-0.25, -0.2) is 13.1 Å². The average Bonchev–Trinajstić information content (AvgIpc) is 2.92. The summed E-state index contributed by atoms with van der Waals surface area (Å²) in [6.45, 7) is 1.92. The van der Waals surface area contributed by atoms with Crippen molar-refractivity contribution in [2.75, 3.05) is 5.73 Å². The zero-order chi connectivity index (χ0) is 14.8. The molecule has 20 heavy (non-hydrogen) atoms. The molecule has 2 rings (SSSR count). The van der Waals surface area contributed by atoms with Gasteiger partial charge in [0.05, 0.1) is 11.7 Å². The van der Waals surface area contributed by atoms with E-state index in [0.29, 0.717) is 11.4 Å². The number of hydrogen-bond acceptors (Lipinski definition) is 4. The Labute approximate surface area is 127 Å². The predicted molar refractivity (Wildman–Crippen MR) is 83.5 cm³/mol. The van der Waals surface area contributed by atoms with Gasteiger partial charge in [-0.1, -0.05) is 24.6 Å². The number of benzene rings is 1. The van der Waals surface area contributed by atoms with Gasteiger partial charge in [-0.05, 0) is 36.1 Å². The molecule has 4 nitrogen and oxygen atoms in total. The molecular weight excluding hydrogens is 316 g/mol. The summed E-state index contributed by atoms with van der Waals surface area (Å²) in [6.07, 6.45) is 0.653. The van der Waals surface area contributed by atoms with Crippen LogP contribution in [0.5, 0.6) is 0 Å². The normalized spacial score (nSPS) is 13.3. The largest absolute Gasteiger partial charge is 0.398 e. The van der Waals surface area contributed by atoms with Crippen molar-refractivity contribution in [3.05, 3.63) is 45.6 Å². The second-order valence-electron chi connectivity index (χ2n) is 4.28. The Morgan fingerprint density at radius 2 is 2.15 bits per heavy atom. The van der Waals surface area contributed by atoms with E-state index in [1.165, 1.54) is 23.5 Å². The lowest BCUT2D eigenvalue weighted by atomic mass is 10.2. The van der Waals surface area contributed by atoms with Gasteiger partial charge < -0.3 is 5.73 Å². The summed E-state index contributed by atoms with van der Waals surface area (Å²) in [7, 11) is -3.70. The van der Waals surface area contributed by atoms with Gasteiger partial charge in [0.1, 0.15) is 4.90 Å². The van der Waals surface area contributed by atoms with E-state index < -0.39 is 10.0 Å². The topological polar surface area (TPSA) is 72.2 Å². The zero-order valence-corrected chi connectivity index (χ0v) is 13.2. The molecule has 1 atom stereocenters. The summed E-state index contributed by atoms with van der Waals surface area (Å²) in [4.78, 5) is 0.983. The highest BCUT2D eigenvalue weighted by Crippen LogP contribution is 2.27. The molecule has 1 aromatic carbocycles. The third-order valence-corrected chi connectivity index (χ3v) is 5.61. The van der Waals surface area contributed by atoms with E-state index in [-0.39, 0.29) is 16.6 Å².